The zero-order valence-electron chi connectivity index (χ0n) is 26.4. The highest BCUT2D eigenvalue weighted by Gasteiger charge is 2.23. The van der Waals surface area contributed by atoms with Gasteiger partial charge in [0, 0.05) is 60.7 Å². The molecule has 0 saturated heterocycles. The zero-order chi connectivity index (χ0) is 34.0. The van der Waals surface area contributed by atoms with Crippen molar-refractivity contribution in [2.24, 2.45) is 5.10 Å². The first-order valence-electron chi connectivity index (χ1n) is 15.0. The van der Waals surface area contributed by atoms with Crippen molar-refractivity contribution >= 4 is 46.4 Å². The van der Waals surface area contributed by atoms with E-state index < -0.39 is 0 Å². The van der Waals surface area contributed by atoms with Crippen LogP contribution in [0.15, 0.2) is 91.1 Å². The highest BCUT2D eigenvalue weighted by atomic mass is 32.1. The van der Waals surface area contributed by atoms with Crippen LogP contribution < -0.4 is 15.4 Å². The number of anilines is 2. The topological polar surface area (TPSA) is 181 Å². The lowest BCUT2D eigenvalue weighted by molar-refractivity contribution is 0.0949. The summed E-state index contributed by atoms with van der Waals surface area (Å²) in [7, 11) is 0. The molecule has 0 spiro atoms. The molecule has 49 heavy (non-hydrogen) atoms. The average Bonchev–Trinajstić information content (AvgIpc) is 3.76. The number of nitrogens with zero attached hydrogens (tertiary/aromatic N) is 11. The second kappa shape index (κ2) is 15.9. The average molecular weight is 695 g/mol. The van der Waals surface area contributed by atoms with Gasteiger partial charge in [0.1, 0.15) is 26.4 Å². The van der Waals surface area contributed by atoms with E-state index >= 15 is 0 Å². The molecule has 0 aromatic carbocycles. The number of hydrazine groups is 1. The Labute approximate surface area is 289 Å². The minimum absolute atomic E-state index is 0.152. The Kier molecular flexibility index (Phi) is 10.7. The van der Waals surface area contributed by atoms with E-state index in [1.807, 2.05) is 31.2 Å². The van der Waals surface area contributed by atoms with Crippen molar-refractivity contribution in [2.75, 3.05) is 36.3 Å². The van der Waals surface area contributed by atoms with Crippen LogP contribution in [0, 0.1) is 13.8 Å². The number of hydrazone groups is 1. The van der Waals surface area contributed by atoms with E-state index in [9.17, 15) is 9.90 Å². The predicted octanol–water partition coefficient (Wildman–Crippen LogP) is 3.95. The number of hydrogen-bond donors (Lipinski definition) is 2. The van der Waals surface area contributed by atoms with Crippen LogP contribution in [0.25, 0.3) is 21.1 Å². The van der Waals surface area contributed by atoms with Crippen molar-refractivity contribution in [3.63, 3.8) is 0 Å². The number of hydrogen-bond acceptors (Lipinski definition) is 16. The summed E-state index contributed by atoms with van der Waals surface area (Å²) in [5.41, 5.74) is 6.07. The molecule has 0 atom stereocenters. The second-order valence-electron chi connectivity index (χ2n) is 10.1. The number of aliphatic hydroxyl groups excluding tert-OH is 1. The Balaban J connectivity index is 0.000000170. The molecular weight excluding hydrogens is 665 g/mol. The van der Waals surface area contributed by atoms with Gasteiger partial charge in [-0.1, -0.05) is 0 Å². The Morgan fingerprint density at radius 2 is 1.51 bits per heavy atom. The molecule has 0 saturated carbocycles. The fraction of sp³-hybridized carbons (Fsp3) is 0.188. The normalized spacial score (nSPS) is 12.3. The van der Waals surface area contributed by atoms with Crippen molar-refractivity contribution in [2.45, 2.75) is 13.8 Å². The van der Waals surface area contributed by atoms with Gasteiger partial charge in [-0.05, 0) is 50.2 Å². The number of thiazole rings is 2. The van der Waals surface area contributed by atoms with E-state index in [1.165, 1.54) is 16.3 Å². The van der Waals surface area contributed by atoms with Crippen molar-refractivity contribution in [1.82, 2.24) is 45.3 Å². The summed E-state index contributed by atoms with van der Waals surface area (Å²) in [6.07, 6.45) is 13.5. The minimum atomic E-state index is -0.328. The van der Waals surface area contributed by atoms with Crippen LogP contribution in [0.1, 0.15) is 25.9 Å². The number of carbonyl (C=O) groups is 1. The number of nitrogens with one attached hydrogen (secondary N) is 1. The lowest BCUT2D eigenvalue weighted by Gasteiger charge is -2.23. The molecule has 6 aromatic rings. The van der Waals surface area contributed by atoms with E-state index in [4.69, 9.17) is 4.74 Å². The second-order valence-corrected chi connectivity index (χ2v) is 12.1. The third-order valence-electron chi connectivity index (χ3n) is 6.70. The van der Waals surface area contributed by atoms with Gasteiger partial charge in [0.05, 0.1) is 31.1 Å². The first-order chi connectivity index (χ1) is 24.0. The molecule has 0 fully saturated rings. The van der Waals surface area contributed by atoms with Gasteiger partial charge in [-0.2, -0.15) is 0 Å². The quantitative estimate of drug-likeness (QED) is 0.208. The smallest absolute Gasteiger partial charge is 0.281 e. The van der Waals surface area contributed by atoms with E-state index in [0.29, 0.717) is 41.5 Å². The van der Waals surface area contributed by atoms with Crippen LogP contribution >= 0.6 is 22.7 Å². The predicted molar refractivity (Wildman–Crippen MR) is 186 cm³/mol. The van der Waals surface area contributed by atoms with Crippen LogP contribution in [0.4, 0.5) is 11.9 Å². The molecule has 1 amide bonds. The first kappa shape index (κ1) is 33.1. The molecule has 6 aromatic heterocycles. The first-order valence-corrected chi connectivity index (χ1v) is 16.6. The Bertz CT molecular complexity index is 2000. The summed E-state index contributed by atoms with van der Waals surface area (Å²) < 4.78 is 5.75. The molecule has 1 aliphatic heterocycles. The number of aromatic nitrogens is 8. The number of pyridine rings is 2. The summed E-state index contributed by atoms with van der Waals surface area (Å²) in [5, 5.41) is 18.6. The van der Waals surface area contributed by atoms with Gasteiger partial charge in [-0.25, -0.2) is 39.9 Å². The number of carbonyl (C=O) groups excluding carboxylic acids is 1. The molecule has 2 N–H and O–H groups in total. The van der Waals surface area contributed by atoms with E-state index in [2.05, 4.69) is 50.4 Å². The molecule has 7 heterocycles. The highest BCUT2D eigenvalue weighted by molar-refractivity contribution is 7.17. The number of ether oxygens (including phenoxy) is 1. The third-order valence-corrected chi connectivity index (χ3v) is 9.10. The standard InChI is InChI=1S/C16H16N6O2S.C16H14N6OS/c1-11-13(25-15(20-11)12-4-2-5-17-10-12)14(24)21-22(8-9-23)16-18-6-3-7-19-16;1-11-13(24-15(20-11)12-4-2-5-17-10-12)14-21-22(8-9-23-14)16-18-6-3-7-19-16/h2-7,10,23H,8-9H2,1H3,(H,21,24);2-7,10H,8-9H2,1H3. The van der Waals surface area contributed by atoms with E-state index in [1.54, 1.807) is 85.0 Å². The molecular formula is C32H30N12O3S2. The van der Waals surface area contributed by atoms with E-state index in [0.717, 1.165) is 31.7 Å². The van der Waals surface area contributed by atoms with Gasteiger partial charge in [-0.15, -0.1) is 27.8 Å². The summed E-state index contributed by atoms with van der Waals surface area (Å²) in [6.45, 7) is 4.89. The Morgan fingerprint density at radius 3 is 2.14 bits per heavy atom. The zero-order valence-corrected chi connectivity index (χ0v) is 28.0. The van der Waals surface area contributed by atoms with Gasteiger partial charge in [0.15, 0.2) is 0 Å². The monoisotopic (exact) mass is 694 g/mol. The fourth-order valence-corrected chi connectivity index (χ4v) is 6.38. The van der Waals surface area contributed by atoms with Crippen molar-refractivity contribution in [3.05, 3.63) is 107 Å². The molecule has 0 unspecified atom stereocenters. The minimum Gasteiger partial charge on any atom is -0.474 e. The Morgan fingerprint density at radius 1 is 0.878 bits per heavy atom. The Hall–Kier alpha value is -5.78. The van der Waals surface area contributed by atoms with Gasteiger partial charge >= 0.3 is 0 Å². The molecule has 248 valence electrons. The number of aliphatic hydroxyl groups is 1. The molecule has 0 radical (unpaired) electrons. The highest BCUT2D eigenvalue weighted by Crippen LogP contribution is 2.29. The molecule has 1 aliphatic rings. The number of amides is 1. The van der Waals surface area contributed by atoms with Gasteiger partial charge in [-0.3, -0.25) is 20.2 Å². The van der Waals surface area contributed by atoms with Gasteiger partial charge in [0.25, 0.3) is 11.8 Å². The molecule has 0 bridgehead atoms. The van der Waals surface area contributed by atoms with Crippen LogP contribution in [-0.2, 0) is 4.74 Å². The van der Waals surface area contributed by atoms with Crippen molar-refractivity contribution in [3.8, 4) is 21.1 Å². The molecule has 17 heteroatoms. The maximum absolute atomic E-state index is 12.6. The van der Waals surface area contributed by atoms with Gasteiger partial charge in [0.2, 0.25) is 11.9 Å². The lowest BCUT2D eigenvalue weighted by Crippen LogP contribution is -2.45. The molecule has 15 nitrogen and oxygen atoms in total. The summed E-state index contributed by atoms with van der Waals surface area (Å²) in [4.78, 5) is 48.0. The maximum Gasteiger partial charge on any atom is 0.281 e. The molecule has 7 rings (SSSR count). The van der Waals surface area contributed by atoms with Crippen molar-refractivity contribution < 1.29 is 14.6 Å². The SMILES string of the molecule is Cc1nc(-c2cccnc2)sc1C(=O)NN(CCO)c1ncccn1.Cc1nc(-c2cccnc2)sc1C1=NN(c2ncccn2)CCO1. The molecule has 0 aliphatic carbocycles. The number of aryl methyl sites for hydroxylation is 2. The largest absolute Gasteiger partial charge is 0.474 e. The summed E-state index contributed by atoms with van der Waals surface area (Å²) >= 11 is 2.82. The van der Waals surface area contributed by atoms with Gasteiger partial charge < -0.3 is 9.84 Å². The van der Waals surface area contributed by atoms with Crippen LogP contribution in [0.2, 0.25) is 0 Å². The maximum atomic E-state index is 12.6. The van der Waals surface area contributed by atoms with E-state index in [-0.39, 0.29) is 19.1 Å². The lowest BCUT2D eigenvalue weighted by atomic mass is 10.3. The fourth-order valence-electron chi connectivity index (χ4n) is 4.43. The number of rotatable bonds is 9. The summed E-state index contributed by atoms with van der Waals surface area (Å²) in [5.74, 6) is 1.09. The van der Waals surface area contributed by atoms with Crippen LogP contribution in [-0.4, -0.2) is 83.1 Å². The van der Waals surface area contributed by atoms with Crippen LogP contribution in [0.5, 0.6) is 0 Å². The van der Waals surface area contributed by atoms with Crippen molar-refractivity contribution in [1.29, 1.82) is 0 Å². The van der Waals surface area contributed by atoms with Crippen LogP contribution in [0.3, 0.4) is 0 Å². The third kappa shape index (κ3) is 8.21. The summed E-state index contributed by atoms with van der Waals surface area (Å²) in [6, 6.07) is 11.1.